The molecule has 0 heterocycles. The number of benzene rings is 1. The van der Waals surface area contributed by atoms with Gasteiger partial charge in [0.05, 0.1) is 18.7 Å². The number of anilines is 1. The number of halogens is 3. The largest absolute Gasteiger partial charge is 0.466 e. The lowest BCUT2D eigenvalue weighted by molar-refractivity contribution is -0.142. The maximum atomic E-state index is 11.2. The number of hydrogen-bond acceptors (Lipinski definition) is 3. The van der Waals surface area contributed by atoms with E-state index in [9.17, 15) is 4.79 Å². The fourth-order valence-electron chi connectivity index (χ4n) is 1.23. The Balaban J connectivity index is 2.55. The maximum absolute atomic E-state index is 11.2. The number of rotatable bonds is 5. The molecule has 0 bridgehead atoms. The molecule has 0 aromatic heterocycles. The smallest absolute Gasteiger partial charge is 0.307 e. The standard InChI is InChI=1S/C11H12Br3NO2/c1-2-17-10(16)3-4-15-11-8(13)5-7(12)6-9(11)14/h5-6,15H,2-4H2,1H3. The van der Waals surface area contributed by atoms with Crippen molar-refractivity contribution in [2.45, 2.75) is 13.3 Å². The van der Waals surface area contributed by atoms with Crippen LogP contribution in [0, 0.1) is 0 Å². The van der Waals surface area contributed by atoms with Gasteiger partial charge in [-0.3, -0.25) is 4.79 Å². The van der Waals surface area contributed by atoms with E-state index >= 15 is 0 Å². The molecule has 6 heteroatoms. The Morgan fingerprint density at radius 1 is 1.29 bits per heavy atom. The predicted octanol–water partition coefficient (Wildman–Crippen LogP) is 4.34. The van der Waals surface area contributed by atoms with Gasteiger partial charge in [0.2, 0.25) is 0 Å². The van der Waals surface area contributed by atoms with Crippen molar-refractivity contribution in [3.63, 3.8) is 0 Å². The molecular weight excluding hydrogens is 418 g/mol. The summed E-state index contributed by atoms with van der Waals surface area (Å²) in [6, 6.07) is 3.88. The van der Waals surface area contributed by atoms with Crippen LogP contribution in [-0.2, 0) is 9.53 Å². The molecule has 0 amide bonds. The van der Waals surface area contributed by atoms with Gasteiger partial charge in [0.1, 0.15) is 0 Å². The van der Waals surface area contributed by atoms with E-state index in [2.05, 4.69) is 53.1 Å². The van der Waals surface area contributed by atoms with E-state index in [1.807, 2.05) is 12.1 Å². The van der Waals surface area contributed by atoms with Crippen LogP contribution in [0.4, 0.5) is 5.69 Å². The SMILES string of the molecule is CCOC(=O)CCNc1c(Br)cc(Br)cc1Br. The van der Waals surface area contributed by atoms with Crippen LogP contribution in [0.2, 0.25) is 0 Å². The summed E-state index contributed by atoms with van der Waals surface area (Å²) in [4.78, 5) is 11.2. The fraction of sp³-hybridized carbons (Fsp3) is 0.364. The van der Waals surface area contributed by atoms with Crippen molar-refractivity contribution >= 4 is 59.4 Å². The zero-order valence-electron chi connectivity index (χ0n) is 9.23. The van der Waals surface area contributed by atoms with Gasteiger partial charge >= 0.3 is 5.97 Å². The third-order valence-corrected chi connectivity index (χ3v) is 3.65. The molecule has 1 aromatic carbocycles. The minimum atomic E-state index is -0.190. The van der Waals surface area contributed by atoms with E-state index in [1.165, 1.54) is 0 Å². The number of carbonyl (C=O) groups is 1. The summed E-state index contributed by atoms with van der Waals surface area (Å²) in [5, 5.41) is 3.18. The predicted molar refractivity (Wildman–Crippen MR) is 79.3 cm³/mol. The summed E-state index contributed by atoms with van der Waals surface area (Å²) in [7, 11) is 0. The highest BCUT2D eigenvalue weighted by Gasteiger charge is 2.07. The van der Waals surface area contributed by atoms with E-state index in [0.29, 0.717) is 19.6 Å². The van der Waals surface area contributed by atoms with E-state index in [0.717, 1.165) is 19.1 Å². The van der Waals surface area contributed by atoms with Crippen molar-refractivity contribution < 1.29 is 9.53 Å². The quantitative estimate of drug-likeness (QED) is 0.707. The molecule has 0 aliphatic carbocycles. The molecule has 3 nitrogen and oxygen atoms in total. The zero-order valence-corrected chi connectivity index (χ0v) is 14.0. The number of ether oxygens (including phenoxy) is 1. The van der Waals surface area contributed by atoms with Crippen molar-refractivity contribution in [3.8, 4) is 0 Å². The van der Waals surface area contributed by atoms with Crippen LogP contribution in [0.25, 0.3) is 0 Å². The number of carbonyl (C=O) groups excluding carboxylic acids is 1. The Bertz CT molecular complexity index is 387. The van der Waals surface area contributed by atoms with Crippen LogP contribution >= 0.6 is 47.8 Å². The molecule has 0 radical (unpaired) electrons. The zero-order chi connectivity index (χ0) is 12.8. The second-order valence-electron chi connectivity index (χ2n) is 3.23. The third kappa shape index (κ3) is 4.97. The maximum Gasteiger partial charge on any atom is 0.307 e. The molecule has 1 rings (SSSR count). The first kappa shape index (κ1) is 15.0. The van der Waals surface area contributed by atoms with Crippen molar-refractivity contribution in [2.75, 3.05) is 18.5 Å². The van der Waals surface area contributed by atoms with Gasteiger partial charge in [-0.1, -0.05) is 15.9 Å². The molecule has 1 N–H and O–H groups in total. The van der Waals surface area contributed by atoms with Gasteiger partial charge in [-0.25, -0.2) is 0 Å². The van der Waals surface area contributed by atoms with Gasteiger partial charge in [-0.2, -0.15) is 0 Å². The second-order valence-corrected chi connectivity index (χ2v) is 5.85. The van der Waals surface area contributed by atoms with Crippen molar-refractivity contribution in [3.05, 3.63) is 25.6 Å². The molecule has 0 fully saturated rings. The summed E-state index contributed by atoms with van der Waals surface area (Å²) in [6.45, 7) is 2.76. The van der Waals surface area contributed by atoms with Gasteiger partial charge in [-0.05, 0) is 50.9 Å². The van der Waals surface area contributed by atoms with Gasteiger partial charge in [0.15, 0.2) is 0 Å². The molecule has 0 saturated carbocycles. The van der Waals surface area contributed by atoms with Crippen LogP contribution in [0.3, 0.4) is 0 Å². The van der Waals surface area contributed by atoms with Crippen LogP contribution in [0.15, 0.2) is 25.6 Å². The third-order valence-electron chi connectivity index (χ3n) is 1.94. The lowest BCUT2D eigenvalue weighted by Crippen LogP contribution is -2.11. The Morgan fingerprint density at radius 3 is 2.41 bits per heavy atom. The highest BCUT2D eigenvalue weighted by molar-refractivity contribution is 9.11. The number of nitrogens with one attached hydrogen (secondary N) is 1. The van der Waals surface area contributed by atoms with E-state index in [4.69, 9.17) is 4.74 Å². The van der Waals surface area contributed by atoms with Crippen LogP contribution < -0.4 is 5.32 Å². The Kier molecular flexibility index (Phi) is 6.51. The summed E-state index contributed by atoms with van der Waals surface area (Å²) in [6.07, 6.45) is 0.350. The Labute approximate surface area is 126 Å². The first-order chi connectivity index (χ1) is 8.04. The molecule has 0 atom stereocenters. The van der Waals surface area contributed by atoms with Gasteiger partial charge < -0.3 is 10.1 Å². The molecule has 0 aliphatic heterocycles. The van der Waals surface area contributed by atoms with Gasteiger partial charge in [-0.15, -0.1) is 0 Å². The molecule has 0 unspecified atom stereocenters. The van der Waals surface area contributed by atoms with E-state index in [-0.39, 0.29) is 5.97 Å². The van der Waals surface area contributed by atoms with Crippen LogP contribution in [0.5, 0.6) is 0 Å². The van der Waals surface area contributed by atoms with Crippen LogP contribution in [0.1, 0.15) is 13.3 Å². The summed E-state index contributed by atoms with van der Waals surface area (Å²) < 4.78 is 7.69. The first-order valence-electron chi connectivity index (χ1n) is 5.08. The van der Waals surface area contributed by atoms with Crippen molar-refractivity contribution in [1.29, 1.82) is 0 Å². The molecule has 17 heavy (non-hydrogen) atoms. The minimum absolute atomic E-state index is 0.190. The molecule has 0 spiro atoms. The molecular formula is C11H12Br3NO2. The van der Waals surface area contributed by atoms with Gasteiger partial charge in [0, 0.05) is 20.0 Å². The van der Waals surface area contributed by atoms with E-state index in [1.54, 1.807) is 6.92 Å². The second kappa shape index (κ2) is 7.38. The van der Waals surface area contributed by atoms with E-state index < -0.39 is 0 Å². The highest BCUT2D eigenvalue weighted by Crippen LogP contribution is 2.34. The monoisotopic (exact) mass is 427 g/mol. The summed E-state index contributed by atoms with van der Waals surface area (Å²) >= 11 is 10.3. The first-order valence-corrected chi connectivity index (χ1v) is 7.46. The molecule has 0 saturated heterocycles. The average Bonchev–Trinajstić information content (AvgIpc) is 2.22. The molecule has 0 aliphatic rings. The lowest BCUT2D eigenvalue weighted by Gasteiger charge is -2.11. The Hall–Kier alpha value is -0.0700. The molecule has 94 valence electrons. The fourth-order valence-corrected chi connectivity index (χ4v) is 3.77. The average molecular weight is 430 g/mol. The van der Waals surface area contributed by atoms with Crippen molar-refractivity contribution in [2.24, 2.45) is 0 Å². The summed E-state index contributed by atoms with van der Waals surface area (Å²) in [5.74, 6) is -0.190. The summed E-state index contributed by atoms with van der Waals surface area (Å²) in [5.41, 5.74) is 0.928. The van der Waals surface area contributed by atoms with Crippen LogP contribution in [-0.4, -0.2) is 19.1 Å². The van der Waals surface area contributed by atoms with Gasteiger partial charge in [0.25, 0.3) is 0 Å². The normalized spacial score (nSPS) is 10.1. The number of hydrogen-bond donors (Lipinski definition) is 1. The van der Waals surface area contributed by atoms with Crippen molar-refractivity contribution in [1.82, 2.24) is 0 Å². The molecule has 1 aromatic rings. The lowest BCUT2D eigenvalue weighted by atomic mass is 10.3. The topological polar surface area (TPSA) is 38.3 Å². The minimum Gasteiger partial charge on any atom is -0.466 e. The number of esters is 1. The Morgan fingerprint density at radius 2 is 1.88 bits per heavy atom. The highest BCUT2D eigenvalue weighted by atomic mass is 79.9.